The minimum atomic E-state index is -0.345. The summed E-state index contributed by atoms with van der Waals surface area (Å²) in [6, 6.07) is 0. The lowest BCUT2D eigenvalue weighted by Gasteiger charge is -2.17. The number of carbonyl (C=O) groups excluding carboxylic acids is 1. The molecule has 0 heterocycles. The Hall–Kier alpha value is -1.26. The molecular formula is C11H24N4O. The smallest absolute Gasteiger partial charge is 0.225 e. The van der Waals surface area contributed by atoms with Crippen LogP contribution in [0.1, 0.15) is 34.1 Å². The van der Waals surface area contributed by atoms with Gasteiger partial charge in [-0.25, -0.2) is 0 Å². The van der Waals surface area contributed by atoms with Crippen molar-refractivity contribution in [2.45, 2.75) is 34.1 Å². The van der Waals surface area contributed by atoms with E-state index in [1.807, 2.05) is 27.7 Å². The maximum atomic E-state index is 11.5. The monoisotopic (exact) mass is 228 g/mol. The standard InChI is InChI=1S/C11H24N4O/c1-5-6-14-10(12)15-8-7-13-9(16)11(2,3)4/h5-8H2,1-4H3,(H,13,16)(H3,12,14,15). The summed E-state index contributed by atoms with van der Waals surface area (Å²) in [6.07, 6.45) is 0.975. The van der Waals surface area contributed by atoms with Gasteiger partial charge in [0.25, 0.3) is 0 Å². The zero-order chi connectivity index (χ0) is 12.6. The van der Waals surface area contributed by atoms with Crippen LogP contribution >= 0.6 is 0 Å². The lowest BCUT2D eigenvalue weighted by molar-refractivity contribution is -0.128. The van der Waals surface area contributed by atoms with Gasteiger partial charge in [-0.1, -0.05) is 27.7 Å². The fourth-order valence-corrected chi connectivity index (χ4v) is 0.920. The number of aliphatic imine (C=N–C) groups is 1. The zero-order valence-electron chi connectivity index (χ0n) is 10.8. The van der Waals surface area contributed by atoms with Gasteiger partial charge in [-0.15, -0.1) is 0 Å². The van der Waals surface area contributed by atoms with Crippen molar-refractivity contribution in [2.75, 3.05) is 19.6 Å². The lowest BCUT2D eigenvalue weighted by Crippen LogP contribution is -2.41. The first kappa shape index (κ1) is 14.7. The Balaban J connectivity index is 3.65. The maximum Gasteiger partial charge on any atom is 0.225 e. The Morgan fingerprint density at radius 1 is 1.25 bits per heavy atom. The number of hydrogen-bond donors (Lipinski definition) is 3. The normalized spacial score (nSPS) is 12.4. The van der Waals surface area contributed by atoms with Gasteiger partial charge in [-0.05, 0) is 6.42 Å². The lowest BCUT2D eigenvalue weighted by atomic mass is 9.96. The summed E-state index contributed by atoms with van der Waals surface area (Å²) < 4.78 is 0. The molecule has 0 saturated carbocycles. The molecule has 0 atom stereocenters. The van der Waals surface area contributed by atoms with E-state index in [1.54, 1.807) is 0 Å². The first-order valence-corrected chi connectivity index (χ1v) is 5.70. The highest BCUT2D eigenvalue weighted by atomic mass is 16.2. The Morgan fingerprint density at radius 2 is 1.81 bits per heavy atom. The average molecular weight is 228 g/mol. The number of rotatable bonds is 5. The van der Waals surface area contributed by atoms with Crippen LogP contribution in [-0.4, -0.2) is 31.5 Å². The van der Waals surface area contributed by atoms with Gasteiger partial charge in [0, 0.05) is 25.0 Å². The fraction of sp³-hybridized carbons (Fsp3) is 0.818. The minimum Gasteiger partial charge on any atom is -0.370 e. The Bertz CT molecular complexity index is 243. The van der Waals surface area contributed by atoms with Gasteiger partial charge in [-0.2, -0.15) is 0 Å². The summed E-state index contributed by atoms with van der Waals surface area (Å²) >= 11 is 0. The number of amides is 1. The van der Waals surface area contributed by atoms with Crippen molar-refractivity contribution in [1.29, 1.82) is 0 Å². The van der Waals surface area contributed by atoms with E-state index >= 15 is 0 Å². The van der Waals surface area contributed by atoms with Crippen LogP contribution in [0.15, 0.2) is 4.99 Å². The van der Waals surface area contributed by atoms with Crippen LogP contribution < -0.4 is 16.4 Å². The maximum absolute atomic E-state index is 11.5. The van der Waals surface area contributed by atoms with Crippen molar-refractivity contribution in [3.63, 3.8) is 0 Å². The third kappa shape index (κ3) is 7.09. The molecule has 16 heavy (non-hydrogen) atoms. The number of nitrogens with zero attached hydrogens (tertiary/aromatic N) is 1. The molecule has 0 aromatic rings. The molecule has 4 N–H and O–H groups in total. The molecule has 0 fully saturated rings. The number of nitrogens with one attached hydrogen (secondary N) is 2. The number of carbonyl (C=O) groups is 1. The summed E-state index contributed by atoms with van der Waals surface area (Å²) in [5.41, 5.74) is 5.24. The molecule has 5 nitrogen and oxygen atoms in total. The van der Waals surface area contributed by atoms with Gasteiger partial charge in [0.2, 0.25) is 5.91 Å². The molecule has 0 aliphatic carbocycles. The molecule has 0 saturated heterocycles. The van der Waals surface area contributed by atoms with Gasteiger partial charge in [-0.3, -0.25) is 9.79 Å². The molecule has 0 rings (SSSR count). The first-order valence-electron chi connectivity index (χ1n) is 5.70. The van der Waals surface area contributed by atoms with E-state index in [4.69, 9.17) is 5.73 Å². The molecule has 0 radical (unpaired) electrons. The molecular weight excluding hydrogens is 204 g/mol. The molecule has 94 valence electrons. The third-order valence-corrected chi connectivity index (χ3v) is 1.90. The SMILES string of the molecule is CCCN=C(N)NCCNC(=O)C(C)(C)C. The predicted molar refractivity (Wildman–Crippen MR) is 67.2 cm³/mol. The average Bonchev–Trinajstić information content (AvgIpc) is 2.19. The highest BCUT2D eigenvalue weighted by Gasteiger charge is 2.19. The molecule has 0 aromatic carbocycles. The van der Waals surface area contributed by atoms with Crippen molar-refractivity contribution in [3.8, 4) is 0 Å². The quantitative estimate of drug-likeness (QED) is 0.363. The largest absolute Gasteiger partial charge is 0.370 e. The van der Waals surface area contributed by atoms with Crippen molar-refractivity contribution in [3.05, 3.63) is 0 Å². The zero-order valence-corrected chi connectivity index (χ0v) is 10.8. The molecule has 0 bridgehead atoms. The summed E-state index contributed by atoms with van der Waals surface area (Å²) in [5.74, 6) is 0.477. The third-order valence-electron chi connectivity index (χ3n) is 1.90. The minimum absolute atomic E-state index is 0.0402. The van der Waals surface area contributed by atoms with Crippen LogP contribution in [0.2, 0.25) is 0 Å². The fourth-order valence-electron chi connectivity index (χ4n) is 0.920. The van der Waals surface area contributed by atoms with Gasteiger partial charge < -0.3 is 16.4 Å². The molecule has 5 heteroatoms. The van der Waals surface area contributed by atoms with Gasteiger partial charge in [0.1, 0.15) is 0 Å². The number of hydrogen-bond acceptors (Lipinski definition) is 2. The van der Waals surface area contributed by atoms with E-state index in [1.165, 1.54) is 0 Å². The Morgan fingerprint density at radius 3 is 2.31 bits per heavy atom. The van der Waals surface area contributed by atoms with E-state index in [0.717, 1.165) is 13.0 Å². The van der Waals surface area contributed by atoms with Crippen LogP contribution in [0.5, 0.6) is 0 Å². The Kier molecular flexibility index (Phi) is 6.53. The highest BCUT2D eigenvalue weighted by Crippen LogP contribution is 2.11. The van der Waals surface area contributed by atoms with E-state index < -0.39 is 0 Å². The summed E-state index contributed by atoms with van der Waals surface area (Å²) in [4.78, 5) is 15.6. The molecule has 0 aliphatic heterocycles. The van der Waals surface area contributed by atoms with Crippen LogP contribution in [0.25, 0.3) is 0 Å². The second-order valence-electron chi connectivity index (χ2n) is 4.70. The second kappa shape index (κ2) is 7.09. The van der Waals surface area contributed by atoms with E-state index in [0.29, 0.717) is 19.0 Å². The van der Waals surface area contributed by atoms with Crippen molar-refractivity contribution in [1.82, 2.24) is 10.6 Å². The molecule has 0 aromatic heterocycles. The first-order chi connectivity index (χ1) is 7.38. The molecule has 0 aliphatic rings. The van der Waals surface area contributed by atoms with E-state index in [2.05, 4.69) is 15.6 Å². The topological polar surface area (TPSA) is 79.5 Å². The summed E-state index contributed by atoms with van der Waals surface area (Å²) in [6.45, 7) is 9.57. The number of nitrogens with two attached hydrogens (primary N) is 1. The Labute approximate surface area is 97.9 Å². The number of guanidine groups is 1. The van der Waals surface area contributed by atoms with E-state index in [-0.39, 0.29) is 11.3 Å². The second-order valence-corrected chi connectivity index (χ2v) is 4.70. The predicted octanol–water partition coefficient (Wildman–Crippen LogP) is 0.463. The molecule has 1 amide bonds. The van der Waals surface area contributed by atoms with Gasteiger partial charge >= 0.3 is 0 Å². The van der Waals surface area contributed by atoms with Crippen LogP contribution in [-0.2, 0) is 4.79 Å². The van der Waals surface area contributed by atoms with Crippen molar-refractivity contribution < 1.29 is 4.79 Å². The van der Waals surface area contributed by atoms with Crippen molar-refractivity contribution >= 4 is 11.9 Å². The summed E-state index contributed by atoms with van der Waals surface area (Å²) in [7, 11) is 0. The molecule has 0 spiro atoms. The molecule has 0 unspecified atom stereocenters. The van der Waals surface area contributed by atoms with Crippen LogP contribution in [0.4, 0.5) is 0 Å². The van der Waals surface area contributed by atoms with Gasteiger partial charge in [0.05, 0.1) is 0 Å². The van der Waals surface area contributed by atoms with Gasteiger partial charge in [0.15, 0.2) is 5.96 Å². The van der Waals surface area contributed by atoms with E-state index in [9.17, 15) is 4.79 Å². The highest BCUT2D eigenvalue weighted by molar-refractivity contribution is 5.81. The van der Waals surface area contributed by atoms with Crippen LogP contribution in [0.3, 0.4) is 0 Å². The van der Waals surface area contributed by atoms with Crippen LogP contribution in [0, 0.1) is 5.41 Å². The summed E-state index contributed by atoms with van der Waals surface area (Å²) in [5, 5.41) is 5.76. The van der Waals surface area contributed by atoms with Crippen molar-refractivity contribution in [2.24, 2.45) is 16.1 Å².